The highest BCUT2D eigenvalue weighted by Gasteiger charge is 2.29. The second kappa shape index (κ2) is 8.26. The number of hydrogen-bond donors (Lipinski definition) is 1. The number of para-hydroxylation sites is 1. The van der Waals surface area contributed by atoms with Crippen LogP contribution in [0.4, 0.5) is 5.69 Å². The first kappa shape index (κ1) is 19.4. The Hall–Kier alpha value is -3.61. The molecule has 5 rings (SSSR count). The van der Waals surface area contributed by atoms with Gasteiger partial charge in [-0.15, -0.1) is 0 Å². The molecule has 2 aliphatic rings. The summed E-state index contributed by atoms with van der Waals surface area (Å²) in [6, 6.07) is 16.6. The summed E-state index contributed by atoms with van der Waals surface area (Å²) in [6.45, 7) is 1.92. The van der Waals surface area contributed by atoms with Crippen molar-refractivity contribution in [1.29, 1.82) is 0 Å². The van der Waals surface area contributed by atoms with Crippen molar-refractivity contribution in [1.82, 2.24) is 10.1 Å². The number of hydrogen-bond acceptors (Lipinski definition) is 5. The summed E-state index contributed by atoms with van der Waals surface area (Å²) in [5, 5.41) is 6.76. The van der Waals surface area contributed by atoms with Gasteiger partial charge in [0.05, 0.1) is 6.61 Å². The van der Waals surface area contributed by atoms with Gasteiger partial charge in [-0.1, -0.05) is 23.4 Å². The molecule has 0 aliphatic carbocycles. The number of benzene rings is 2. The molecule has 1 saturated heterocycles. The molecule has 0 radical (unpaired) electrons. The van der Waals surface area contributed by atoms with Gasteiger partial charge in [0.25, 0.3) is 11.8 Å². The van der Waals surface area contributed by atoms with Crippen molar-refractivity contribution in [2.24, 2.45) is 0 Å². The number of likely N-dealkylation sites (tertiary alicyclic amines) is 1. The Kier molecular flexibility index (Phi) is 5.16. The van der Waals surface area contributed by atoms with Gasteiger partial charge >= 0.3 is 0 Å². The number of carbonyl (C=O) groups is 2. The summed E-state index contributed by atoms with van der Waals surface area (Å²) in [6.07, 6.45) is 2.60. The van der Waals surface area contributed by atoms with Crippen LogP contribution in [0.3, 0.4) is 0 Å². The maximum absolute atomic E-state index is 13.1. The molecule has 158 valence electrons. The molecule has 3 aromatic rings. The fourth-order valence-corrected chi connectivity index (χ4v) is 4.20. The van der Waals surface area contributed by atoms with E-state index in [1.165, 1.54) is 0 Å². The van der Waals surface area contributed by atoms with Crippen LogP contribution in [-0.4, -0.2) is 41.6 Å². The first-order chi connectivity index (χ1) is 15.2. The number of nitrogens with zero attached hydrogens (tertiary/aromatic N) is 2. The topological polar surface area (TPSA) is 84.7 Å². The molecular weight excluding hydrogens is 394 g/mol. The molecule has 1 aromatic heterocycles. The molecular formula is C24H23N3O4. The minimum absolute atomic E-state index is 0.0148. The van der Waals surface area contributed by atoms with E-state index in [-0.39, 0.29) is 23.4 Å². The molecule has 0 spiro atoms. The summed E-state index contributed by atoms with van der Waals surface area (Å²) in [5.41, 5.74) is 2.71. The van der Waals surface area contributed by atoms with Gasteiger partial charge in [0.15, 0.2) is 5.69 Å². The van der Waals surface area contributed by atoms with Crippen molar-refractivity contribution >= 4 is 17.5 Å². The molecule has 1 unspecified atom stereocenters. The third-order valence-electron chi connectivity index (χ3n) is 5.84. The summed E-state index contributed by atoms with van der Waals surface area (Å²) in [5.74, 6) is 1.22. The number of carbonyl (C=O) groups excluding carboxylic acids is 2. The van der Waals surface area contributed by atoms with E-state index in [4.69, 9.17) is 9.26 Å². The Bertz CT molecular complexity index is 1110. The molecule has 2 aromatic carbocycles. The summed E-state index contributed by atoms with van der Waals surface area (Å²) in [4.78, 5) is 27.4. The van der Waals surface area contributed by atoms with Gasteiger partial charge in [0.1, 0.15) is 11.5 Å². The highest BCUT2D eigenvalue weighted by molar-refractivity contribution is 6.02. The number of nitrogens with one attached hydrogen (secondary N) is 1. The van der Waals surface area contributed by atoms with E-state index in [2.05, 4.69) is 10.5 Å². The minimum Gasteiger partial charge on any atom is -0.493 e. The fraction of sp³-hybridized carbons (Fsp3) is 0.292. The van der Waals surface area contributed by atoms with Crippen LogP contribution >= 0.6 is 0 Å². The van der Waals surface area contributed by atoms with Crippen LogP contribution in [-0.2, 0) is 6.42 Å². The van der Waals surface area contributed by atoms with Crippen LogP contribution in [0.5, 0.6) is 5.75 Å². The van der Waals surface area contributed by atoms with Crippen LogP contribution in [0.2, 0.25) is 0 Å². The van der Waals surface area contributed by atoms with Crippen molar-refractivity contribution in [3.05, 3.63) is 77.2 Å². The zero-order valence-corrected chi connectivity index (χ0v) is 17.0. The van der Waals surface area contributed by atoms with Gasteiger partial charge in [-0.3, -0.25) is 9.59 Å². The lowest BCUT2D eigenvalue weighted by Crippen LogP contribution is -2.39. The average Bonchev–Trinajstić information content (AvgIpc) is 3.49. The number of amides is 2. The van der Waals surface area contributed by atoms with Gasteiger partial charge in [0, 0.05) is 42.7 Å². The van der Waals surface area contributed by atoms with Crippen molar-refractivity contribution in [2.75, 3.05) is 25.0 Å². The number of aromatic nitrogens is 1. The predicted molar refractivity (Wildman–Crippen MR) is 114 cm³/mol. The normalized spacial score (nSPS) is 17.7. The Balaban J connectivity index is 1.26. The Morgan fingerprint density at radius 3 is 2.84 bits per heavy atom. The number of ether oxygens (including phenoxy) is 1. The lowest BCUT2D eigenvalue weighted by Gasteiger charge is -2.31. The Morgan fingerprint density at radius 1 is 1.10 bits per heavy atom. The van der Waals surface area contributed by atoms with Gasteiger partial charge < -0.3 is 19.5 Å². The maximum atomic E-state index is 13.1. The van der Waals surface area contributed by atoms with E-state index in [0.717, 1.165) is 30.6 Å². The van der Waals surface area contributed by atoms with Crippen molar-refractivity contribution in [3.63, 3.8) is 0 Å². The summed E-state index contributed by atoms with van der Waals surface area (Å²) in [7, 11) is 0. The zero-order chi connectivity index (χ0) is 21.2. The van der Waals surface area contributed by atoms with Crippen molar-refractivity contribution in [2.45, 2.75) is 25.2 Å². The molecule has 0 saturated carbocycles. The number of piperidine rings is 1. The number of anilines is 1. The second-order valence-electron chi connectivity index (χ2n) is 7.95. The molecule has 3 heterocycles. The monoisotopic (exact) mass is 417 g/mol. The minimum atomic E-state index is -0.315. The molecule has 1 atom stereocenters. The maximum Gasteiger partial charge on any atom is 0.277 e. The first-order valence-corrected chi connectivity index (χ1v) is 10.6. The first-order valence-electron chi connectivity index (χ1n) is 10.6. The Morgan fingerprint density at radius 2 is 1.97 bits per heavy atom. The molecule has 0 bridgehead atoms. The number of rotatable bonds is 4. The quantitative estimate of drug-likeness (QED) is 0.696. The van der Waals surface area contributed by atoms with Crippen LogP contribution in [0.15, 0.2) is 59.1 Å². The van der Waals surface area contributed by atoms with E-state index in [1.54, 1.807) is 6.07 Å². The van der Waals surface area contributed by atoms with Gasteiger partial charge in [0.2, 0.25) is 0 Å². The molecule has 2 aliphatic heterocycles. The Labute approximate surface area is 180 Å². The van der Waals surface area contributed by atoms with E-state index in [0.29, 0.717) is 36.7 Å². The predicted octanol–water partition coefficient (Wildman–Crippen LogP) is 3.88. The lowest BCUT2D eigenvalue weighted by atomic mass is 9.94. The third kappa shape index (κ3) is 4.03. The molecule has 2 amide bonds. The molecule has 31 heavy (non-hydrogen) atoms. The van der Waals surface area contributed by atoms with Gasteiger partial charge in [-0.2, -0.15) is 0 Å². The highest BCUT2D eigenvalue weighted by atomic mass is 16.5. The largest absolute Gasteiger partial charge is 0.493 e. The third-order valence-corrected chi connectivity index (χ3v) is 5.84. The van der Waals surface area contributed by atoms with E-state index in [9.17, 15) is 9.59 Å². The smallest absolute Gasteiger partial charge is 0.277 e. The van der Waals surface area contributed by atoms with Crippen LogP contribution in [0, 0.1) is 0 Å². The zero-order valence-electron chi connectivity index (χ0n) is 17.0. The average molecular weight is 417 g/mol. The second-order valence-corrected chi connectivity index (χ2v) is 7.95. The van der Waals surface area contributed by atoms with Crippen molar-refractivity contribution < 1.29 is 18.8 Å². The van der Waals surface area contributed by atoms with Crippen molar-refractivity contribution in [3.8, 4) is 5.75 Å². The van der Waals surface area contributed by atoms with E-state index >= 15 is 0 Å². The molecule has 7 heteroatoms. The summed E-state index contributed by atoms with van der Waals surface area (Å²) < 4.78 is 11.0. The fourth-order valence-electron chi connectivity index (χ4n) is 4.20. The molecule has 7 nitrogen and oxygen atoms in total. The van der Waals surface area contributed by atoms with Crippen LogP contribution in [0.25, 0.3) is 0 Å². The van der Waals surface area contributed by atoms with Crippen LogP contribution in [0.1, 0.15) is 50.9 Å². The van der Waals surface area contributed by atoms with Gasteiger partial charge in [-0.05, 0) is 48.7 Å². The molecule has 1 N–H and O–H groups in total. The SMILES string of the molecule is O=C(Nc1ccccc1)c1cc(C2CCCN(C(=O)c3ccc4c(c3)CCO4)C2)on1. The summed E-state index contributed by atoms with van der Waals surface area (Å²) >= 11 is 0. The van der Waals surface area contributed by atoms with E-state index < -0.39 is 0 Å². The van der Waals surface area contributed by atoms with Gasteiger partial charge in [-0.25, -0.2) is 0 Å². The number of fused-ring (bicyclic) bond motifs is 1. The van der Waals surface area contributed by atoms with Crippen LogP contribution < -0.4 is 10.1 Å². The standard InChI is InChI=1S/C24H23N3O4/c28-23(25-19-6-2-1-3-7-19)20-14-22(31-26-20)18-5-4-11-27(15-18)24(29)17-8-9-21-16(13-17)10-12-30-21/h1-3,6-9,13-14,18H,4-5,10-12,15H2,(H,25,28). The lowest BCUT2D eigenvalue weighted by molar-refractivity contribution is 0.0697. The highest BCUT2D eigenvalue weighted by Crippen LogP contribution is 2.30. The van der Waals surface area contributed by atoms with E-state index in [1.807, 2.05) is 53.4 Å². The molecule has 1 fully saturated rings.